The van der Waals surface area contributed by atoms with Gasteiger partial charge in [0.05, 0.1) is 17.8 Å². The molecule has 2 aliphatic rings. The second-order valence-corrected chi connectivity index (χ2v) is 8.44. The van der Waals surface area contributed by atoms with Gasteiger partial charge >= 0.3 is 0 Å². The molecule has 1 aliphatic carbocycles. The van der Waals surface area contributed by atoms with Crippen molar-refractivity contribution in [1.82, 2.24) is 24.7 Å². The Morgan fingerprint density at radius 2 is 2.04 bits per heavy atom. The Morgan fingerprint density at radius 3 is 2.67 bits per heavy atom. The molecule has 2 atom stereocenters. The van der Waals surface area contributed by atoms with Crippen LogP contribution >= 0.6 is 12.2 Å². The molecule has 2 fully saturated rings. The molecule has 1 aliphatic heterocycles. The monoisotopic (exact) mass is 383 g/mol. The zero-order chi connectivity index (χ0) is 19.1. The van der Waals surface area contributed by atoms with Crippen LogP contribution in [-0.2, 0) is 0 Å². The highest BCUT2D eigenvalue weighted by molar-refractivity contribution is 7.80. The number of thiocarbonyl (C=S) groups is 1. The molecular formula is C21H29N5S. The zero-order valence-electron chi connectivity index (χ0n) is 16.6. The molecule has 0 aromatic carbocycles. The maximum atomic E-state index is 5.76. The number of rotatable bonds is 6. The number of hydrogen-bond donors (Lipinski definition) is 1. The SMILES string of the molecule is Cc1cc([C@H]2[C@H](c3ccccn3)NC(=S)N2CCN(C)C)c(C)n1C1CC1. The summed E-state index contributed by atoms with van der Waals surface area (Å²) in [5, 5.41) is 4.39. The largest absolute Gasteiger partial charge is 0.352 e. The highest BCUT2D eigenvalue weighted by atomic mass is 32.1. The van der Waals surface area contributed by atoms with Gasteiger partial charge in [-0.05, 0) is 76.8 Å². The fourth-order valence-corrected chi connectivity index (χ4v) is 4.62. The van der Waals surface area contributed by atoms with Crippen molar-refractivity contribution >= 4 is 17.3 Å². The molecule has 0 bridgehead atoms. The topological polar surface area (TPSA) is 36.3 Å². The van der Waals surface area contributed by atoms with Crippen LogP contribution in [0.25, 0.3) is 0 Å². The lowest BCUT2D eigenvalue weighted by Crippen LogP contribution is -2.35. The predicted octanol–water partition coefficient (Wildman–Crippen LogP) is 3.37. The van der Waals surface area contributed by atoms with E-state index >= 15 is 0 Å². The molecule has 0 unspecified atom stereocenters. The van der Waals surface area contributed by atoms with E-state index in [9.17, 15) is 0 Å². The van der Waals surface area contributed by atoms with Gasteiger partial charge in [-0.3, -0.25) is 4.98 Å². The molecule has 2 aromatic heterocycles. The van der Waals surface area contributed by atoms with E-state index in [-0.39, 0.29) is 12.1 Å². The Kier molecular flexibility index (Phi) is 4.95. The van der Waals surface area contributed by atoms with Gasteiger partial charge in [-0.25, -0.2) is 0 Å². The number of likely N-dealkylation sites (N-methyl/N-ethyl adjacent to an activating group) is 1. The van der Waals surface area contributed by atoms with Crippen LogP contribution in [0.15, 0.2) is 30.5 Å². The fourth-order valence-electron chi connectivity index (χ4n) is 4.29. The summed E-state index contributed by atoms with van der Waals surface area (Å²) in [6.07, 6.45) is 4.46. The van der Waals surface area contributed by atoms with Crippen LogP contribution in [0.3, 0.4) is 0 Å². The van der Waals surface area contributed by atoms with Crippen LogP contribution < -0.4 is 5.32 Å². The van der Waals surface area contributed by atoms with Crippen molar-refractivity contribution < 1.29 is 0 Å². The summed E-state index contributed by atoms with van der Waals surface area (Å²) in [6.45, 7) is 6.37. The first-order chi connectivity index (χ1) is 13.0. The molecule has 1 N–H and O–H groups in total. The quantitative estimate of drug-likeness (QED) is 0.774. The van der Waals surface area contributed by atoms with Crippen molar-refractivity contribution in [3.63, 3.8) is 0 Å². The fraction of sp³-hybridized carbons (Fsp3) is 0.524. The Hall–Kier alpha value is -1.92. The van der Waals surface area contributed by atoms with Gasteiger partial charge in [0.2, 0.25) is 0 Å². The summed E-state index contributed by atoms with van der Waals surface area (Å²) in [4.78, 5) is 9.21. The van der Waals surface area contributed by atoms with Crippen molar-refractivity contribution in [2.24, 2.45) is 0 Å². The van der Waals surface area contributed by atoms with Gasteiger partial charge in [-0.1, -0.05) is 6.07 Å². The standard InChI is InChI=1S/C21H29N5S/c1-14-13-17(15(2)26(14)16-8-9-16)20-19(18-7-5-6-10-22-18)23-21(27)25(20)12-11-24(3)4/h5-7,10,13,16,19-20H,8-9,11-12H2,1-4H3,(H,23,27)/t19-,20-/m0/s1. The molecule has 0 radical (unpaired) electrons. The van der Waals surface area contributed by atoms with Gasteiger partial charge < -0.3 is 19.7 Å². The smallest absolute Gasteiger partial charge is 0.170 e. The number of pyridine rings is 1. The Morgan fingerprint density at radius 1 is 1.26 bits per heavy atom. The molecule has 3 heterocycles. The third-order valence-corrected chi connectivity index (χ3v) is 6.09. The maximum Gasteiger partial charge on any atom is 0.170 e. The minimum absolute atomic E-state index is 0.0778. The molecule has 144 valence electrons. The number of nitrogens with one attached hydrogen (secondary N) is 1. The summed E-state index contributed by atoms with van der Waals surface area (Å²) >= 11 is 5.76. The molecular weight excluding hydrogens is 354 g/mol. The number of hydrogen-bond acceptors (Lipinski definition) is 3. The van der Waals surface area contributed by atoms with Crippen LogP contribution in [0.2, 0.25) is 0 Å². The summed E-state index contributed by atoms with van der Waals surface area (Å²) in [6, 6.07) is 9.42. The van der Waals surface area contributed by atoms with Gasteiger partial charge in [0, 0.05) is 36.7 Å². The molecule has 27 heavy (non-hydrogen) atoms. The Bertz CT molecular complexity index is 825. The van der Waals surface area contributed by atoms with Crippen molar-refractivity contribution in [2.75, 3.05) is 27.2 Å². The van der Waals surface area contributed by atoms with Gasteiger partial charge in [0.15, 0.2) is 5.11 Å². The third kappa shape index (κ3) is 3.48. The molecule has 2 aromatic rings. The summed E-state index contributed by atoms with van der Waals surface area (Å²) in [7, 11) is 4.22. The lowest BCUT2D eigenvalue weighted by atomic mass is 9.97. The predicted molar refractivity (Wildman–Crippen MR) is 113 cm³/mol. The van der Waals surface area contributed by atoms with Gasteiger partial charge in [-0.15, -0.1) is 0 Å². The van der Waals surface area contributed by atoms with Gasteiger partial charge in [0.1, 0.15) is 0 Å². The van der Waals surface area contributed by atoms with Crippen molar-refractivity contribution in [3.8, 4) is 0 Å². The van der Waals surface area contributed by atoms with Crippen molar-refractivity contribution in [3.05, 3.63) is 53.1 Å². The highest BCUT2D eigenvalue weighted by Gasteiger charge is 2.41. The molecule has 1 saturated carbocycles. The van der Waals surface area contributed by atoms with Crippen LogP contribution in [0.1, 0.15) is 53.6 Å². The first-order valence-electron chi connectivity index (χ1n) is 9.78. The molecule has 0 amide bonds. The number of aromatic nitrogens is 2. The maximum absolute atomic E-state index is 5.76. The average Bonchev–Trinajstić information content (AvgIpc) is 3.35. The lowest BCUT2D eigenvalue weighted by molar-refractivity contribution is 0.277. The number of nitrogens with zero attached hydrogens (tertiary/aromatic N) is 4. The first kappa shape index (κ1) is 18.4. The third-order valence-electron chi connectivity index (χ3n) is 5.74. The van der Waals surface area contributed by atoms with E-state index in [4.69, 9.17) is 12.2 Å². The minimum atomic E-state index is 0.0778. The normalized spacial score (nSPS) is 22.6. The lowest BCUT2D eigenvalue weighted by Gasteiger charge is -2.29. The second kappa shape index (κ2) is 7.24. The highest BCUT2D eigenvalue weighted by Crippen LogP contribution is 2.44. The van der Waals surface area contributed by atoms with Gasteiger partial charge in [0.25, 0.3) is 0 Å². The first-order valence-corrected chi connectivity index (χ1v) is 10.2. The molecule has 6 heteroatoms. The van der Waals surface area contributed by atoms with Crippen LogP contribution in [-0.4, -0.2) is 51.6 Å². The summed E-state index contributed by atoms with van der Waals surface area (Å²) in [5.74, 6) is 0. The Labute approximate surface area is 167 Å². The molecule has 0 spiro atoms. The average molecular weight is 384 g/mol. The molecule has 4 rings (SSSR count). The van der Waals surface area contributed by atoms with E-state index in [0.717, 1.165) is 23.9 Å². The molecule has 1 saturated heterocycles. The van der Waals surface area contributed by atoms with E-state index in [1.807, 2.05) is 12.3 Å². The van der Waals surface area contributed by atoms with E-state index in [2.05, 4.69) is 70.8 Å². The van der Waals surface area contributed by atoms with Crippen molar-refractivity contribution in [2.45, 2.75) is 44.8 Å². The minimum Gasteiger partial charge on any atom is -0.352 e. The summed E-state index contributed by atoms with van der Waals surface area (Å²) < 4.78 is 2.52. The Balaban J connectivity index is 1.75. The molecule has 5 nitrogen and oxygen atoms in total. The van der Waals surface area contributed by atoms with Gasteiger partial charge in [-0.2, -0.15) is 0 Å². The van der Waals surface area contributed by atoms with Crippen LogP contribution in [0.4, 0.5) is 0 Å². The van der Waals surface area contributed by atoms with E-state index in [1.54, 1.807) is 0 Å². The second-order valence-electron chi connectivity index (χ2n) is 8.05. The van der Waals surface area contributed by atoms with Crippen molar-refractivity contribution in [1.29, 1.82) is 0 Å². The number of aryl methyl sites for hydroxylation is 1. The van der Waals surface area contributed by atoms with E-state index in [1.165, 1.54) is 29.8 Å². The van der Waals surface area contributed by atoms with Crippen LogP contribution in [0, 0.1) is 13.8 Å². The van der Waals surface area contributed by atoms with E-state index < -0.39 is 0 Å². The summed E-state index contributed by atoms with van der Waals surface area (Å²) in [5.41, 5.74) is 5.16. The van der Waals surface area contributed by atoms with Crippen LogP contribution in [0.5, 0.6) is 0 Å². The zero-order valence-corrected chi connectivity index (χ0v) is 17.5. The van der Waals surface area contributed by atoms with E-state index in [0.29, 0.717) is 6.04 Å².